The van der Waals surface area contributed by atoms with Crippen LogP contribution in [0.3, 0.4) is 0 Å². The van der Waals surface area contributed by atoms with Crippen LogP contribution in [-0.4, -0.2) is 49.5 Å². The summed E-state index contributed by atoms with van der Waals surface area (Å²) in [6, 6.07) is 0. The van der Waals surface area contributed by atoms with Crippen molar-refractivity contribution in [2.24, 2.45) is 0 Å². The maximum absolute atomic E-state index is 5.64. The fourth-order valence-electron chi connectivity index (χ4n) is 1.46. The van der Waals surface area contributed by atoms with Gasteiger partial charge in [0, 0.05) is 13.2 Å². The summed E-state index contributed by atoms with van der Waals surface area (Å²) in [5.41, 5.74) is 5.64. The van der Waals surface area contributed by atoms with Gasteiger partial charge in [0.1, 0.15) is 12.7 Å². The van der Waals surface area contributed by atoms with Crippen molar-refractivity contribution >= 4 is 11.9 Å². The molecule has 0 saturated carbocycles. The molecule has 2 aromatic heterocycles. The van der Waals surface area contributed by atoms with Gasteiger partial charge in [0.2, 0.25) is 11.9 Å². The molecule has 0 spiro atoms. The third kappa shape index (κ3) is 4.12. The Bertz CT molecular complexity index is 515. The molecule has 0 amide bonds. The van der Waals surface area contributed by atoms with E-state index in [9.17, 15) is 0 Å². The highest BCUT2D eigenvalue weighted by molar-refractivity contribution is 5.34. The Morgan fingerprint density at radius 1 is 1.30 bits per heavy atom. The fourth-order valence-corrected chi connectivity index (χ4v) is 1.46. The van der Waals surface area contributed by atoms with E-state index in [1.165, 1.54) is 17.3 Å². The zero-order chi connectivity index (χ0) is 14.2. The normalized spacial score (nSPS) is 10.7. The Morgan fingerprint density at radius 3 is 2.95 bits per heavy atom. The molecule has 0 fully saturated rings. The molecule has 108 valence electrons. The van der Waals surface area contributed by atoms with Gasteiger partial charge < -0.3 is 15.8 Å². The van der Waals surface area contributed by atoms with Crippen molar-refractivity contribution in [2.75, 3.05) is 30.8 Å². The Hall–Kier alpha value is -2.29. The lowest BCUT2D eigenvalue weighted by Crippen LogP contribution is -2.15. The second-order valence-corrected chi connectivity index (χ2v) is 4.05. The van der Waals surface area contributed by atoms with Crippen LogP contribution in [0.25, 0.3) is 5.95 Å². The van der Waals surface area contributed by atoms with Gasteiger partial charge in [-0.1, -0.05) is 13.3 Å². The lowest BCUT2D eigenvalue weighted by Gasteiger charge is -2.07. The molecule has 0 radical (unpaired) electrons. The minimum absolute atomic E-state index is 0.125. The van der Waals surface area contributed by atoms with E-state index in [-0.39, 0.29) is 5.95 Å². The van der Waals surface area contributed by atoms with Crippen LogP contribution in [-0.2, 0) is 4.74 Å². The number of anilines is 2. The Labute approximate surface area is 116 Å². The number of hydrogen-bond donors (Lipinski definition) is 2. The lowest BCUT2D eigenvalue weighted by molar-refractivity contribution is 0.141. The molecule has 0 aromatic carbocycles. The van der Waals surface area contributed by atoms with Crippen LogP contribution in [0, 0.1) is 0 Å². The topological polar surface area (TPSA) is 117 Å². The van der Waals surface area contributed by atoms with Crippen LogP contribution in [0.15, 0.2) is 12.7 Å². The first kappa shape index (κ1) is 14.1. The second-order valence-electron chi connectivity index (χ2n) is 4.05. The monoisotopic (exact) mass is 278 g/mol. The predicted octanol–water partition coefficient (Wildman–Crippen LogP) is 0.263. The first-order valence-electron chi connectivity index (χ1n) is 6.47. The highest BCUT2D eigenvalue weighted by atomic mass is 16.5. The lowest BCUT2D eigenvalue weighted by atomic mass is 10.4. The highest BCUT2D eigenvalue weighted by Gasteiger charge is 2.06. The average molecular weight is 278 g/mol. The van der Waals surface area contributed by atoms with E-state index in [4.69, 9.17) is 10.5 Å². The zero-order valence-corrected chi connectivity index (χ0v) is 11.4. The van der Waals surface area contributed by atoms with Crippen LogP contribution in [0.1, 0.15) is 19.8 Å². The predicted molar refractivity (Wildman–Crippen MR) is 73.4 cm³/mol. The van der Waals surface area contributed by atoms with Gasteiger partial charge >= 0.3 is 0 Å². The molecule has 0 aliphatic heterocycles. The minimum atomic E-state index is 0.125. The molecule has 20 heavy (non-hydrogen) atoms. The smallest absolute Gasteiger partial charge is 0.258 e. The van der Waals surface area contributed by atoms with E-state index >= 15 is 0 Å². The number of nitrogens with two attached hydrogens (primary N) is 1. The molecule has 0 aliphatic rings. The largest absolute Gasteiger partial charge is 0.380 e. The average Bonchev–Trinajstić information content (AvgIpc) is 2.96. The third-order valence-electron chi connectivity index (χ3n) is 2.44. The molecule has 2 heterocycles. The van der Waals surface area contributed by atoms with Crippen molar-refractivity contribution in [3.63, 3.8) is 0 Å². The van der Waals surface area contributed by atoms with Crippen molar-refractivity contribution in [3.05, 3.63) is 12.7 Å². The number of nitrogen functional groups attached to an aromatic ring is 1. The van der Waals surface area contributed by atoms with E-state index in [0.29, 0.717) is 25.0 Å². The van der Waals surface area contributed by atoms with Gasteiger partial charge in [-0.05, 0) is 6.42 Å². The molecule has 3 N–H and O–H groups in total. The summed E-state index contributed by atoms with van der Waals surface area (Å²) in [5.74, 6) is 0.839. The van der Waals surface area contributed by atoms with Gasteiger partial charge in [-0.2, -0.15) is 24.7 Å². The maximum atomic E-state index is 5.64. The van der Waals surface area contributed by atoms with Gasteiger partial charge in [0.25, 0.3) is 5.95 Å². The molecule has 0 saturated heterocycles. The van der Waals surface area contributed by atoms with Crippen molar-refractivity contribution in [1.82, 2.24) is 29.7 Å². The molecule has 0 bridgehead atoms. The van der Waals surface area contributed by atoms with Crippen molar-refractivity contribution in [3.8, 4) is 5.95 Å². The highest BCUT2D eigenvalue weighted by Crippen LogP contribution is 2.05. The van der Waals surface area contributed by atoms with E-state index < -0.39 is 0 Å². The van der Waals surface area contributed by atoms with Crippen molar-refractivity contribution < 1.29 is 4.74 Å². The Balaban J connectivity index is 1.88. The van der Waals surface area contributed by atoms with E-state index in [0.717, 1.165) is 19.4 Å². The summed E-state index contributed by atoms with van der Waals surface area (Å²) >= 11 is 0. The SMILES string of the molecule is CCCCOCCNc1nc(N)nc(-n2cncn2)n1. The van der Waals surface area contributed by atoms with E-state index in [1.54, 1.807) is 0 Å². The minimum Gasteiger partial charge on any atom is -0.380 e. The number of unbranched alkanes of at least 4 members (excludes halogenated alkanes) is 1. The van der Waals surface area contributed by atoms with Gasteiger partial charge in [0.15, 0.2) is 0 Å². The molecular formula is C11H18N8O. The summed E-state index contributed by atoms with van der Waals surface area (Å²) in [6.45, 7) is 4.08. The number of nitrogens with one attached hydrogen (secondary N) is 1. The molecule has 0 aliphatic carbocycles. The molecule has 2 rings (SSSR count). The van der Waals surface area contributed by atoms with Crippen LogP contribution in [0.5, 0.6) is 0 Å². The van der Waals surface area contributed by atoms with Gasteiger partial charge in [-0.3, -0.25) is 0 Å². The Kier molecular flexibility index (Phi) is 5.18. The summed E-state index contributed by atoms with van der Waals surface area (Å²) in [4.78, 5) is 16.0. The van der Waals surface area contributed by atoms with E-state index in [1.807, 2.05) is 0 Å². The molecule has 9 nitrogen and oxygen atoms in total. The van der Waals surface area contributed by atoms with Crippen molar-refractivity contribution in [2.45, 2.75) is 19.8 Å². The molecular weight excluding hydrogens is 260 g/mol. The fraction of sp³-hybridized carbons (Fsp3) is 0.545. The maximum Gasteiger partial charge on any atom is 0.258 e. The van der Waals surface area contributed by atoms with Crippen LogP contribution < -0.4 is 11.1 Å². The summed E-state index contributed by atoms with van der Waals surface area (Å²) in [7, 11) is 0. The molecule has 2 aromatic rings. The standard InChI is InChI=1S/C11H18N8O/c1-2-3-5-20-6-4-14-10-16-9(12)17-11(18-10)19-8-13-7-15-19/h7-8H,2-6H2,1H3,(H3,12,14,16,17,18). The Morgan fingerprint density at radius 2 is 2.20 bits per heavy atom. The van der Waals surface area contributed by atoms with E-state index in [2.05, 4.69) is 37.3 Å². The number of hydrogen-bond acceptors (Lipinski definition) is 8. The quantitative estimate of drug-likeness (QED) is 0.660. The molecule has 9 heteroatoms. The van der Waals surface area contributed by atoms with Crippen molar-refractivity contribution in [1.29, 1.82) is 0 Å². The van der Waals surface area contributed by atoms with Gasteiger partial charge in [-0.25, -0.2) is 4.98 Å². The van der Waals surface area contributed by atoms with Crippen LogP contribution >= 0.6 is 0 Å². The van der Waals surface area contributed by atoms with Crippen LogP contribution in [0.4, 0.5) is 11.9 Å². The van der Waals surface area contributed by atoms with Gasteiger partial charge in [0.05, 0.1) is 6.61 Å². The molecule has 0 atom stereocenters. The number of aromatic nitrogens is 6. The second kappa shape index (κ2) is 7.34. The third-order valence-corrected chi connectivity index (χ3v) is 2.44. The number of nitrogens with zero attached hydrogens (tertiary/aromatic N) is 6. The summed E-state index contributed by atoms with van der Waals surface area (Å²) in [6.07, 6.45) is 5.08. The summed E-state index contributed by atoms with van der Waals surface area (Å²) < 4.78 is 6.85. The number of ether oxygens (including phenoxy) is 1. The molecule has 0 unspecified atom stereocenters. The van der Waals surface area contributed by atoms with Crippen LogP contribution in [0.2, 0.25) is 0 Å². The van der Waals surface area contributed by atoms with Gasteiger partial charge in [-0.15, -0.1) is 0 Å². The summed E-state index contributed by atoms with van der Waals surface area (Å²) in [5, 5.41) is 6.98. The first-order valence-corrected chi connectivity index (χ1v) is 6.47. The zero-order valence-electron chi connectivity index (χ0n) is 11.4. The first-order chi connectivity index (χ1) is 9.79. The number of rotatable bonds is 8.